The number of rotatable bonds is 2. The molecule has 0 unspecified atom stereocenters. The van der Waals surface area contributed by atoms with Gasteiger partial charge in [-0.05, 0) is 5.56 Å². The van der Waals surface area contributed by atoms with Gasteiger partial charge in [-0.3, -0.25) is 0 Å². The van der Waals surface area contributed by atoms with Crippen molar-refractivity contribution in [1.29, 1.82) is 5.26 Å². The van der Waals surface area contributed by atoms with Crippen LogP contribution in [0.1, 0.15) is 23.1 Å². The maximum atomic E-state index is 12.9. The van der Waals surface area contributed by atoms with Crippen molar-refractivity contribution in [3.8, 4) is 6.07 Å². The summed E-state index contributed by atoms with van der Waals surface area (Å²) in [6, 6.07) is 1.29. The van der Waals surface area contributed by atoms with Gasteiger partial charge in [-0.15, -0.1) is 0 Å². The normalized spacial score (nSPS) is 11.6. The van der Waals surface area contributed by atoms with Gasteiger partial charge < -0.3 is 0 Å². The van der Waals surface area contributed by atoms with Gasteiger partial charge in [0.1, 0.15) is 5.56 Å². The van der Waals surface area contributed by atoms with Gasteiger partial charge in [0.15, 0.2) is 0 Å². The summed E-state index contributed by atoms with van der Waals surface area (Å²) in [6.45, 7) is 0. The van der Waals surface area contributed by atoms with Crippen LogP contribution in [-0.4, -0.2) is 4.98 Å². The molecule has 0 aliphatic rings. The second-order valence-electron chi connectivity index (χ2n) is 2.99. The summed E-state index contributed by atoms with van der Waals surface area (Å²) in [7, 11) is 0. The summed E-state index contributed by atoms with van der Waals surface area (Å²) in [6.07, 6.45) is -9.09. The van der Waals surface area contributed by atoms with Gasteiger partial charge in [0.2, 0.25) is 5.95 Å². The highest BCUT2D eigenvalue weighted by molar-refractivity contribution is 5.37. The van der Waals surface area contributed by atoms with E-state index in [2.05, 4.69) is 4.98 Å². The molecule has 1 heterocycles. The van der Waals surface area contributed by atoms with Crippen molar-refractivity contribution in [2.75, 3.05) is 0 Å². The molecule has 0 aromatic carbocycles. The molecule has 92 valence electrons. The lowest BCUT2D eigenvalue weighted by Gasteiger charge is -2.14. The third kappa shape index (κ3) is 2.67. The van der Waals surface area contributed by atoms with Gasteiger partial charge in [-0.1, -0.05) is 0 Å². The monoisotopic (exact) mass is 254 g/mol. The third-order valence-corrected chi connectivity index (χ3v) is 1.95. The Morgan fingerprint density at radius 2 is 1.94 bits per heavy atom. The molecule has 0 bridgehead atoms. The predicted molar refractivity (Wildman–Crippen MR) is 43.5 cm³/mol. The lowest BCUT2D eigenvalue weighted by Crippen LogP contribution is -2.16. The van der Waals surface area contributed by atoms with E-state index in [1.54, 1.807) is 0 Å². The lowest BCUT2D eigenvalue weighted by atomic mass is 10.0. The minimum Gasteiger partial charge on any atom is -0.227 e. The number of nitrogens with zero attached hydrogens (tertiary/aromatic N) is 2. The Kier molecular flexibility index (Phi) is 3.60. The minimum atomic E-state index is -5.17. The maximum absolute atomic E-state index is 12.9. The van der Waals surface area contributed by atoms with Crippen molar-refractivity contribution in [3.05, 3.63) is 28.8 Å². The number of alkyl halides is 5. The van der Waals surface area contributed by atoms with Crippen molar-refractivity contribution in [1.82, 2.24) is 4.98 Å². The fourth-order valence-electron chi connectivity index (χ4n) is 1.28. The van der Waals surface area contributed by atoms with Crippen molar-refractivity contribution in [2.24, 2.45) is 0 Å². The maximum Gasteiger partial charge on any atom is 0.421 e. The molecule has 0 fully saturated rings. The first-order valence-electron chi connectivity index (χ1n) is 4.18. The first-order chi connectivity index (χ1) is 7.79. The average Bonchev–Trinajstić information content (AvgIpc) is 2.15. The van der Waals surface area contributed by atoms with Crippen LogP contribution >= 0.6 is 0 Å². The Hall–Kier alpha value is -1.78. The Balaban J connectivity index is 3.56. The van der Waals surface area contributed by atoms with Gasteiger partial charge in [0, 0.05) is 11.8 Å². The van der Waals surface area contributed by atoms with E-state index in [-0.39, 0.29) is 0 Å². The molecule has 0 radical (unpaired) electrons. The summed E-state index contributed by atoms with van der Waals surface area (Å²) >= 11 is 0. The minimum absolute atomic E-state index is 0.307. The molecule has 0 aliphatic carbocycles. The number of halogens is 6. The number of nitriles is 1. The van der Waals surface area contributed by atoms with Crippen LogP contribution in [0.25, 0.3) is 0 Å². The molecule has 1 aromatic heterocycles. The highest BCUT2D eigenvalue weighted by Gasteiger charge is 2.39. The zero-order valence-corrected chi connectivity index (χ0v) is 8.02. The van der Waals surface area contributed by atoms with E-state index in [4.69, 9.17) is 5.26 Å². The summed E-state index contributed by atoms with van der Waals surface area (Å²) in [4.78, 5) is 2.63. The van der Waals surface area contributed by atoms with E-state index in [9.17, 15) is 26.3 Å². The lowest BCUT2D eigenvalue weighted by molar-refractivity contribution is -0.141. The Morgan fingerprint density at radius 3 is 2.35 bits per heavy atom. The Morgan fingerprint density at radius 1 is 1.35 bits per heavy atom. The van der Waals surface area contributed by atoms with E-state index >= 15 is 0 Å². The van der Waals surface area contributed by atoms with Crippen LogP contribution in [0.5, 0.6) is 0 Å². The summed E-state index contributed by atoms with van der Waals surface area (Å²) in [5.41, 5.74) is -4.06. The van der Waals surface area contributed by atoms with Crippen LogP contribution in [0, 0.1) is 17.3 Å². The van der Waals surface area contributed by atoms with Crippen molar-refractivity contribution in [2.45, 2.75) is 19.0 Å². The fraction of sp³-hybridized carbons (Fsp3) is 0.333. The number of hydrogen-bond donors (Lipinski definition) is 0. The van der Waals surface area contributed by atoms with E-state index in [0.29, 0.717) is 6.20 Å². The number of hydrogen-bond acceptors (Lipinski definition) is 2. The summed E-state index contributed by atoms with van der Waals surface area (Å²) in [5.74, 6) is -1.91. The molecule has 17 heavy (non-hydrogen) atoms. The SMILES string of the molecule is N#CCc1c(C(F)F)cnc(F)c1C(F)(F)F. The average molecular weight is 254 g/mol. The first kappa shape index (κ1) is 13.3. The van der Waals surface area contributed by atoms with E-state index in [1.165, 1.54) is 6.07 Å². The summed E-state index contributed by atoms with van der Waals surface area (Å²) < 4.78 is 75.1. The van der Waals surface area contributed by atoms with Gasteiger partial charge in [-0.2, -0.15) is 22.8 Å². The predicted octanol–water partition coefficient (Wildman–Crippen LogP) is 3.24. The molecule has 0 spiro atoms. The Labute approximate surface area is 91.5 Å². The first-order valence-corrected chi connectivity index (χ1v) is 4.18. The molecule has 0 atom stereocenters. The van der Waals surface area contributed by atoms with Crippen molar-refractivity contribution < 1.29 is 26.3 Å². The molecular weight excluding hydrogens is 250 g/mol. The third-order valence-electron chi connectivity index (χ3n) is 1.95. The second-order valence-corrected chi connectivity index (χ2v) is 2.99. The highest BCUT2D eigenvalue weighted by Crippen LogP contribution is 2.37. The van der Waals surface area contributed by atoms with Crippen molar-refractivity contribution in [3.63, 3.8) is 0 Å². The topological polar surface area (TPSA) is 36.7 Å². The van der Waals surface area contributed by atoms with Gasteiger partial charge in [0.05, 0.1) is 12.5 Å². The highest BCUT2D eigenvalue weighted by atomic mass is 19.4. The summed E-state index contributed by atoms with van der Waals surface area (Å²) in [5, 5.41) is 8.30. The Bertz CT molecular complexity index is 460. The zero-order chi connectivity index (χ0) is 13.2. The molecule has 0 N–H and O–H groups in total. The van der Waals surface area contributed by atoms with E-state index in [0.717, 1.165) is 0 Å². The van der Waals surface area contributed by atoms with Crippen LogP contribution in [-0.2, 0) is 12.6 Å². The van der Waals surface area contributed by atoms with E-state index < -0.39 is 41.7 Å². The molecule has 2 nitrogen and oxygen atoms in total. The molecule has 0 saturated heterocycles. The quantitative estimate of drug-likeness (QED) is 0.600. The zero-order valence-electron chi connectivity index (χ0n) is 8.02. The molecule has 1 aromatic rings. The van der Waals surface area contributed by atoms with E-state index in [1.807, 2.05) is 0 Å². The van der Waals surface area contributed by atoms with Crippen LogP contribution in [0.15, 0.2) is 6.20 Å². The van der Waals surface area contributed by atoms with Gasteiger partial charge >= 0.3 is 6.18 Å². The molecule has 1 rings (SSSR count). The van der Waals surface area contributed by atoms with Crippen molar-refractivity contribution >= 4 is 0 Å². The number of pyridine rings is 1. The van der Waals surface area contributed by atoms with Crippen LogP contribution in [0.4, 0.5) is 26.3 Å². The molecule has 0 aliphatic heterocycles. The smallest absolute Gasteiger partial charge is 0.227 e. The molecule has 0 amide bonds. The van der Waals surface area contributed by atoms with Gasteiger partial charge in [0.25, 0.3) is 6.43 Å². The van der Waals surface area contributed by atoms with Crippen LogP contribution < -0.4 is 0 Å². The molecule has 8 heteroatoms. The standard InChI is InChI=1S/C9H4F6N2/c10-7(11)5-3-17-8(12)6(9(13,14)15)4(5)1-2-16/h3,7H,1H2. The van der Waals surface area contributed by atoms with Gasteiger partial charge in [-0.25, -0.2) is 13.8 Å². The molecular formula is C9H4F6N2. The van der Waals surface area contributed by atoms with Crippen LogP contribution in [0.2, 0.25) is 0 Å². The fourth-order valence-corrected chi connectivity index (χ4v) is 1.28. The molecule has 0 saturated carbocycles. The second kappa shape index (κ2) is 4.61. The largest absolute Gasteiger partial charge is 0.421 e. The number of aromatic nitrogens is 1. The van der Waals surface area contributed by atoms with Crippen LogP contribution in [0.3, 0.4) is 0 Å².